The minimum absolute atomic E-state index is 0.105. The van der Waals surface area contributed by atoms with Crippen molar-refractivity contribution in [3.8, 4) is 12.3 Å². The Labute approximate surface area is 318 Å². The fourth-order valence-electron chi connectivity index (χ4n) is 6.21. The number of terminal acetylenes is 1. The lowest BCUT2D eigenvalue weighted by molar-refractivity contribution is -0.145. The van der Waals surface area contributed by atoms with Gasteiger partial charge >= 0.3 is 20.2 Å². The van der Waals surface area contributed by atoms with Gasteiger partial charge in [-0.1, -0.05) is 114 Å². The highest BCUT2D eigenvalue weighted by atomic mass is 31.1. The van der Waals surface area contributed by atoms with Crippen molar-refractivity contribution in [3.05, 3.63) is 47.8 Å². The number of carbonyl (C=O) groups excluding carboxylic acids is 1. The van der Waals surface area contributed by atoms with E-state index in [1.54, 1.807) is 0 Å². The topological polar surface area (TPSA) is 143 Å². The molecular formula is C39H57F3N6O5P+. The highest BCUT2D eigenvalue weighted by molar-refractivity contribution is 7.36. The van der Waals surface area contributed by atoms with Gasteiger partial charge in [0.05, 0.1) is 12.9 Å². The Balaban J connectivity index is 1.43. The van der Waals surface area contributed by atoms with E-state index in [1.165, 1.54) is 95.1 Å². The molecule has 0 bridgehead atoms. The number of methoxy groups -OCH3 is 1. The van der Waals surface area contributed by atoms with Crippen LogP contribution < -0.4 is 10.8 Å². The number of esters is 1. The largest absolute Gasteiger partial charge is 0.614 e. The number of aromatic nitrogens is 4. The molecule has 15 heteroatoms. The van der Waals surface area contributed by atoms with Gasteiger partial charge in [0.1, 0.15) is 23.8 Å². The molecule has 11 nitrogen and oxygen atoms in total. The third kappa shape index (κ3) is 16.0. The van der Waals surface area contributed by atoms with Crippen LogP contribution in [0.15, 0.2) is 24.5 Å². The number of halogens is 3. The van der Waals surface area contributed by atoms with Gasteiger partial charge < -0.3 is 19.8 Å². The zero-order chi connectivity index (χ0) is 39.2. The zero-order valence-electron chi connectivity index (χ0n) is 31.8. The predicted octanol–water partition coefficient (Wildman–Crippen LogP) is 8.91. The van der Waals surface area contributed by atoms with E-state index in [0.29, 0.717) is 6.42 Å². The summed E-state index contributed by atoms with van der Waals surface area (Å²) in [6.45, 7) is 2.18. The summed E-state index contributed by atoms with van der Waals surface area (Å²) in [5.41, 5.74) is 4.89. The lowest BCUT2D eigenvalue weighted by atomic mass is 10.0. The molecule has 2 heterocycles. The zero-order valence-corrected chi connectivity index (χ0v) is 32.7. The number of hydrogen-bond acceptors (Lipinski definition) is 9. The van der Waals surface area contributed by atoms with Crippen molar-refractivity contribution in [3.63, 3.8) is 0 Å². The van der Waals surface area contributed by atoms with Crippen LogP contribution >= 0.6 is 8.18 Å². The smallest absolute Gasteiger partial charge is 0.464 e. The van der Waals surface area contributed by atoms with Gasteiger partial charge in [-0.15, -0.1) is 10.9 Å². The van der Waals surface area contributed by atoms with Gasteiger partial charge in [-0.2, -0.15) is 14.4 Å². The summed E-state index contributed by atoms with van der Waals surface area (Å²) in [4.78, 5) is 24.5. The first-order valence-electron chi connectivity index (χ1n) is 19.2. The van der Waals surface area contributed by atoms with E-state index >= 15 is 0 Å². The van der Waals surface area contributed by atoms with Gasteiger partial charge in [0, 0.05) is 32.6 Å². The number of benzene rings is 1. The van der Waals surface area contributed by atoms with E-state index in [2.05, 4.69) is 32.9 Å². The van der Waals surface area contributed by atoms with Crippen LogP contribution in [0.25, 0.3) is 11.2 Å². The average Bonchev–Trinajstić information content (AvgIpc) is 3.55. The average molecular weight is 778 g/mol. The Bertz CT molecular complexity index is 1620. The second kappa shape index (κ2) is 24.7. The molecular weight excluding hydrogens is 720 g/mol. The maximum atomic E-state index is 14.0. The number of nitrogens with one attached hydrogen (secondary N) is 1. The number of nitrogens with zero attached hydrogens (tertiary/aromatic N) is 4. The maximum Gasteiger partial charge on any atom is 0.614 e. The number of hydrogen-bond donors (Lipinski definition) is 2. The van der Waals surface area contributed by atoms with E-state index < -0.39 is 43.5 Å². The molecule has 3 atom stereocenters. The van der Waals surface area contributed by atoms with Crippen LogP contribution in [0.2, 0.25) is 0 Å². The van der Waals surface area contributed by atoms with Crippen LogP contribution in [0.4, 0.5) is 19.0 Å². The van der Waals surface area contributed by atoms with Gasteiger partial charge in [0.25, 0.3) is 0 Å². The van der Waals surface area contributed by atoms with Gasteiger partial charge in [-0.25, -0.2) is 13.8 Å². The van der Waals surface area contributed by atoms with Crippen LogP contribution in [-0.4, -0.2) is 57.5 Å². The molecule has 1 unspecified atom stereocenters. The monoisotopic (exact) mass is 777 g/mol. The van der Waals surface area contributed by atoms with Gasteiger partial charge in [-0.05, 0) is 28.7 Å². The first-order chi connectivity index (χ1) is 26.1. The highest BCUT2D eigenvalue weighted by Crippen LogP contribution is 2.27. The van der Waals surface area contributed by atoms with E-state index in [0.717, 1.165) is 37.5 Å². The minimum atomic E-state index is -2.74. The van der Waals surface area contributed by atoms with Crippen molar-refractivity contribution in [2.75, 3.05) is 26.1 Å². The van der Waals surface area contributed by atoms with Crippen LogP contribution in [0.1, 0.15) is 122 Å². The number of aryl methyl sites for hydroxylation is 1. The second-order valence-electron chi connectivity index (χ2n) is 13.7. The predicted molar refractivity (Wildman–Crippen MR) is 204 cm³/mol. The number of ether oxygens (including phenoxy) is 2. The molecule has 2 aromatic heterocycles. The van der Waals surface area contributed by atoms with Crippen molar-refractivity contribution in [2.24, 2.45) is 0 Å². The molecule has 54 heavy (non-hydrogen) atoms. The summed E-state index contributed by atoms with van der Waals surface area (Å²) in [7, 11) is -1.39. The van der Waals surface area contributed by atoms with Gasteiger partial charge in [-0.3, -0.25) is 4.79 Å². The molecule has 0 aliphatic carbocycles. The number of fused-ring (bicyclic) bond motifs is 1. The SMILES string of the molecule is C#C[C@](CCn1cnc2c(N)nc(F)nc21)(CO[P+](=O)N[C@@H](Cc1cc(F)cc(F)c1)C(=O)OCCCCCCCCCCCCCCCCCC)OC. The van der Waals surface area contributed by atoms with Crippen molar-refractivity contribution in [1.82, 2.24) is 24.6 Å². The number of imidazole rings is 1. The normalized spacial score (nSPS) is 13.4. The summed E-state index contributed by atoms with van der Waals surface area (Å²) in [6, 6.07) is 1.66. The molecule has 0 radical (unpaired) electrons. The third-order valence-corrected chi connectivity index (χ3v) is 10.3. The summed E-state index contributed by atoms with van der Waals surface area (Å²) in [6.07, 6.45) is 25.6. The van der Waals surface area contributed by atoms with Crippen LogP contribution in [0, 0.1) is 30.1 Å². The molecule has 0 saturated heterocycles. The molecule has 1 aromatic carbocycles. The summed E-state index contributed by atoms with van der Waals surface area (Å²) >= 11 is 0. The number of carbonyl (C=O) groups is 1. The third-order valence-electron chi connectivity index (χ3n) is 9.44. The molecule has 0 spiro atoms. The number of nitrogen functional groups attached to an aromatic ring is 1. The molecule has 0 aliphatic rings. The minimum Gasteiger partial charge on any atom is -0.464 e. The first kappa shape index (κ1) is 44.8. The van der Waals surface area contributed by atoms with E-state index in [4.69, 9.17) is 26.2 Å². The van der Waals surface area contributed by atoms with E-state index in [1.807, 2.05) is 0 Å². The van der Waals surface area contributed by atoms with Crippen LogP contribution in [0.5, 0.6) is 0 Å². The van der Waals surface area contributed by atoms with Crippen molar-refractivity contribution >= 4 is 31.1 Å². The fourth-order valence-corrected chi connectivity index (χ4v) is 7.06. The summed E-state index contributed by atoms with van der Waals surface area (Å²) in [5.74, 6) is 0.0401. The molecule has 3 aromatic rings. The number of unbranched alkanes of at least 4 members (excludes halogenated alkanes) is 15. The van der Waals surface area contributed by atoms with Crippen molar-refractivity contribution in [2.45, 2.75) is 141 Å². The number of nitrogens with two attached hydrogens (primary N) is 1. The first-order valence-corrected chi connectivity index (χ1v) is 20.4. The number of anilines is 1. The Hall–Kier alpha value is -3.63. The molecule has 0 saturated carbocycles. The standard InChI is InChI=1S/C39H57F3N6O5P/c1-4-6-7-8-9-10-11-12-13-14-15-16-17-18-19-20-23-52-37(49)33(26-30-24-31(40)27-32(41)25-30)47-54(50)53-28-39(5-2,51-3)21-22-48-29-44-34-35(43)45-38(42)46-36(34)48/h2,24-25,27,29,33H,4,6-23,26,28H2,1,3H3,(H,47,50)(H2,43,45,46)/q+1/t33-,39-/m0/s1. The van der Waals surface area contributed by atoms with Gasteiger partial charge in [0.2, 0.25) is 0 Å². The Morgan fingerprint density at radius 3 is 2.07 bits per heavy atom. The Morgan fingerprint density at radius 2 is 1.52 bits per heavy atom. The molecule has 0 amide bonds. The highest BCUT2D eigenvalue weighted by Gasteiger charge is 2.37. The molecule has 3 N–H and O–H groups in total. The molecule has 0 aliphatic heterocycles. The fraction of sp³-hybridized carbons (Fsp3) is 0.641. The molecule has 298 valence electrons. The van der Waals surface area contributed by atoms with Crippen LogP contribution in [0.3, 0.4) is 0 Å². The summed E-state index contributed by atoms with van der Waals surface area (Å²) in [5, 5.41) is 2.59. The van der Waals surface area contributed by atoms with Crippen LogP contribution in [-0.2, 0) is 36.3 Å². The van der Waals surface area contributed by atoms with Crippen molar-refractivity contribution < 1.29 is 36.5 Å². The maximum absolute atomic E-state index is 14.0. The molecule has 0 fully saturated rings. The van der Waals surface area contributed by atoms with Crippen molar-refractivity contribution in [1.29, 1.82) is 0 Å². The van der Waals surface area contributed by atoms with Gasteiger partial charge in [0.15, 0.2) is 23.1 Å². The number of rotatable bonds is 29. The second-order valence-corrected chi connectivity index (χ2v) is 14.8. The lowest BCUT2D eigenvalue weighted by Crippen LogP contribution is -2.39. The van der Waals surface area contributed by atoms with E-state index in [9.17, 15) is 22.5 Å². The quantitative estimate of drug-likeness (QED) is 0.0231. The summed E-state index contributed by atoms with van der Waals surface area (Å²) < 4.78 is 73.0. The lowest BCUT2D eigenvalue weighted by Gasteiger charge is -2.24. The Morgan fingerprint density at radius 1 is 0.944 bits per heavy atom. The molecule has 3 rings (SSSR count). The Kier molecular flexibility index (Phi) is 20.5. The van der Waals surface area contributed by atoms with E-state index in [-0.39, 0.29) is 55.1 Å².